The van der Waals surface area contributed by atoms with Crippen molar-refractivity contribution in [3.8, 4) is 17.2 Å². The highest BCUT2D eigenvalue weighted by molar-refractivity contribution is 5.98. The quantitative estimate of drug-likeness (QED) is 0.395. The number of benzene rings is 2. The summed E-state index contributed by atoms with van der Waals surface area (Å²) in [5.41, 5.74) is 8.20. The van der Waals surface area contributed by atoms with E-state index >= 15 is 0 Å². The molecular formula is C27H27F2N7O2. The number of carbonyl (C=O) groups excluding carboxylic acids is 1. The summed E-state index contributed by atoms with van der Waals surface area (Å²) in [6.45, 7) is 2.33. The van der Waals surface area contributed by atoms with Crippen LogP contribution in [0.25, 0.3) is 28.2 Å². The minimum absolute atomic E-state index is 0.112. The molecule has 0 unspecified atom stereocenters. The summed E-state index contributed by atoms with van der Waals surface area (Å²) < 4.78 is 35.0. The van der Waals surface area contributed by atoms with Crippen molar-refractivity contribution < 1.29 is 18.3 Å². The molecule has 3 N–H and O–H groups in total. The number of amides is 1. The van der Waals surface area contributed by atoms with Crippen molar-refractivity contribution in [1.82, 2.24) is 19.5 Å². The molecule has 4 aromatic rings. The number of nitrogens with zero attached hydrogens (tertiary/aromatic N) is 5. The summed E-state index contributed by atoms with van der Waals surface area (Å²) >= 11 is 0. The monoisotopic (exact) mass is 519 g/mol. The fourth-order valence-corrected chi connectivity index (χ4v) is 4.79. The van der Waals surface area contributed by atoms with Crippen molar-refractivity contribution in [2.75, 3.05) is 36.5 Å². The van der Waals surface area contributed by atoms with E-state index < -0.39 is 17.8 Å². The lowest BCUT2D eigenvalue weighted by Gasteiger charge is -2.36. The molecule has 2 fully saturated rings. The number of hydrogen-bond acceptors (Lipinski definition) is 7. The van der Waals surface area contributed by atoms with E-state index in [2.05, 4.69) is 10.3 Å². The standard InChI is InChI=1S/C27H27F2N7O2/c28-23(29)24-32-19-4-1-2-5-21(19)36(24)26-33-20(16-22(34-26)35-12-14-38-15-13-35)17-6-8-18(9-7-17)31-25(37)27(30)10-3-11-27/h1-2,4-9,16,23H,3,10-15,30H2,(H,31,37). The van der Waals surface area contributed by atoms with E-state index in [1.807, 2.05) is 23.1 Å². The molecule has 196 valence electrons. The number of halogens is 2. The first-order chi connectivity index (χ1) is 18.4. The zero-order valence-corrected chi connectivity index (χ0v) is 20.6. The number of ether oxygens (including phenoxy) is 1. The normalized spacial score (nSPS) is 17.0. The van der Waals surface area contributed by atoms with Gasteiger partial charge >= 0.3 is 0 Å². The van der Waals surface area contributed by atoms with Crippen LogP contribution in [-0.4, -0.2) is 57.3 Å². The van der Waals surface area contributed by atoms with Gasteiger partial charge in [-0.3, -0.25) is 9.36 Å². The Morgan fingerprint density at radius 3 is 2.45 bits per heavy atom. The predicted octanol–water partition coefficient (Wildman–Crippen LogP) is 4.08. The summed E-state index contributed by atoms with van der Waals surface area (Å²) in [4.78, 5) is 28.1. The highest BCUT2D eigenvalue weighted by atomic mass is 19.3. The molecule has 1 aliphatic heterocycles. The summed E-state index contributed by atoms with van der Waals surface area (Å²) in [7, 11) is 0. The first kappa shape index (κ1) is 24.4. The number of morpholine rings is 1. The van der Waals surface area contributed by atoms with Gasteiger partial charge in [-0.1, -0.05) is 24.3 Å². The number of imidazole rings is 1. The molecule has 9 nitrogen and oxygen atoms in total. The van der Waals surface area contributed by atoms with Crippen LogP contribution in [-0.2, 0) is 9.53 Å². The van der Waals surface area contributed by atoms with Crippen LogP contribution in [0, 0.1) is 0 Å². The molecule has 2 aromatic carbocycles. The maximum Gasteiger partial charge on any atom is 0.296 e. The molecule has 0 bridgehead atoms. The summed E-state index contributed by atoms with van der Waals surface area (Å²) in [6, 6.07) is 16.0. The lowest BCUT2D eigenvalue weighted by atomic mass is 9.77. The van der Waals surface area contributed by atoms with E-state index in [4.69, 9.17) is 20.4 Å². The minimum Gasteiger partial charge on any atom is -0.378 e. The zero-order chi connectivity index (χ0) is 26.3. The summed E-state index contributed by atoms with van der Waals surface area (Å²) in [6.07, 6.45) is -0.516. The summed E-state index contributed by atoms with van der Waals surface area (Å²) in [5, 5.41) is 2.89. The zero-order valence-electron chi connectivity index (χ0n) is 20.6. The molecule has 1 aliphatic carbocycles. The molecule has 2 aliphatic rings. The Bertz CT molecular complexity index is 1480. The number of carbonyl (C=O) groups is 1. The number of nitrogens with two attached hydrogens (primary N) is 1. The topological polar surface area (TPSA) is 111 Å². The second-order valence-electron chi connectivity index (χ2n) is 9.65. The van der Waals surface area contributed by atoms with E-state index in [0.717, 1.165) is 12.0 Å². The van der Waals surface area contributed by atoms with E-state index in [1.54, 1.807) is 36.4 Å². The average Bonchev–Trinajstić information content (AvgIpc) is 3.32. The van der Waals surface area contributed by atoms with Crippen LogP contribution in [0.3, 0.4) is 0 Å². The third-order valence-corrected chi connectivity index (χ3v) is 7.15. The van der Waals surface area contributed by atoms with E-state index in [0.29, 0.717) is 67.4 Å². The van der Waals surface area contributed by atoms with Crippen LogP contribution >= 0.6 is 0 Å². The van der Waals surface area contributed by atoms with Crippen molar-refractivity contribution in [2.45, 2.75) is 31.2 Å². The number of alkyl halides is 2. The number of nitrogens with one attached hydrogen (secondary N) is 1. The predicted molar refractivity (Wildman–Crippen MR) is 139 cm³/mol. The Morgan fingerprint density at radius 1 is 1.03 bits per heavy atom. The second kappa shape index (κ2) is 9.73. The Labute approximate surface area is 217 Å². The van der Waals surface area contributed by atoms with Crippen LogP contribution < -0.4 is 16.0 Å². The molecule has 38 heavy (non-hydrogen) atoms. The van der Waals surface area contributed by atoms with Gasteiger partial charge in [0.05, 0.1) is 35.5 Å². The van der Waals surface area contributed by atoms with Gasteiger partial charge in [-0.2, -0.15) is 4.98 Å². The number of fused-ring (bicyclic) bond motifs is 1. The van der Waals surface area contributed by atoms with Gasteiger partial charge in [0.1, 0.15) is 5.82 Å². The van der Waals surface area contributed by atoms with Gasteiger partial charge in [0, 0.05) is 30.4 Å². The van der Waals surface area contributed by atoms with Crippen molar-refractivity contribution in [3.05, 3.63) is 60.4 Å². The molecule has 2 aromatic heterocycles. The molecule has 1 saturated carbocycles. The molecule has 1 amide bonds. The SMILES string of the molecule is NC1(C(=O)Nc2ccc(-c3cc(N4CCOCC4)nc(-n4c(C(F)F)nc5ccccc54)n3)cc2)CCC1. The molecular weight excluding hydrogens is 492 g/mol. The van der Waals surface area contributed by atoms with Gasteiger partial charge in [-0.05, 0) is 43.5 Å². The van der Waals surface area contributed by atoms with Crippen LogP contribution in [0.5, 0.6) is 0 Å². The summed E-state index contributed by atoms with van der Waals surface area (Å²) in [5.74, 6) is 0.113. The maximum atomic E-state index is 14.1. The van der Waals surface area contributed by atoms with Crippen LogP contribution in [0.2, 0.25) is 0 Å². The first-order valence-electron chi connectivity index (χ1n) is 12.6. The van der Waals surface area contributed by atoms with Crippen molar-refractivity contribution in [3.63, 3.8) is 0 Å². The van der Waals surface area contributed by atoms with Gasteiger partial charge in [0.15, 0.2) is 5.82 Å². The highest BCUT2D eigenvalue weighted by Crippen LogP contribution is 2.32. The third-order valence-electron chi connectivity index (χ3n) is 7.15. The first-order valence-corrected chi connectivity index (χ1v) is 12.6. The molecule has 6 rings (SSSR count). The fraction of sp³-hybridized carbons (Fsp3) is 0.333. The Kier molecular flexibility index (Phi) is 6.24. The molecule has 0 spiro atoms. The Hall–Kier alpha value is -3.96. The van der Waals surface area contributed by atoms with E-state index in [9.17, 15) is 13.6 Å². The molecule has 1 saturated heterocycles. The Morgan fingerprint density at radius 2 is 1.76 bits per heavy atom. The number of para-hydroxylation sites is 2. The second-order valence-corrected chi connectivity index (χ2v) is 9.65. The largest absolute Gasteiger partial charge is 0.378 e. The number of rotatable bonds is 6. The van der Waals surface area contributed by atoms with Crippen molar-refractivity contribution in [1.29, 1.82) is 0 Å². The molecule has 11 heteroatoms. The van der Waals surface area contributed by atoms with Crippen LogP contribution in [0.15, 0.2) is 54.6 Å². The highest BCUT2D eigenvalue weighted by Gasteiger charge is 2.40. The van der Waals surface area contributed by atoms with Crippen LogP contribution in [0.4, 0.5) is 20.3 Å². The fourth-order valence-electron chi connectivity index (χ4n) is 4.79. The maximum absolute atomic E-state index is 14.1. The smallest absolute Gasteiger partial charge is 0.296 e. The number of aromatic nitrogens is 4. The third kappa shape index (κ3) is 4.48. The van der Waals surface area contributed by atoms with E-state index in [-0.39, 0.29) is 11.9 Å². The number of anilines is 2. The molecule has 0 atom stereocenters. The van der Waals surface area contributed by atoms with Crippen molar-refractivity contribution >= 4 is 28.4 Å². The van der Waals surface area contributed by atoms with Crippen molar-refractivity contribution in [2.24, 2.45) is 5.73 Å². The van der Waals surface area contributed by atoms with Gasteiger partial charge in [-0.25, -0.2) is 18.7 Å². The molecule has 0 radical (unpaired) electrons. The van der Waals surface area contributed by atoms with Gasteiger partial charge in [0.2, 0.25) is 11.9 Å². The van der Waals surface area contributed by atoms with Gasteiger partial charge in [0.25, 0.3) is 6.43 Å². The lowest BCUT2D eigenvalue weighted by Crippen LogP contribution is -2.56. The van der Waals surface area contributed by atoms with Crippen LogP contribution in [0.1, 0.15) is 31.5 Å². The average molecular weight is 520 g/mol. The van der Waals surface area contributed by atoms with E-state index in [1.165, 1.54) is 4.57 Å². The lowest BCUT2D eigenvalue weighted by molar-refractivity contribution is -0.123. The minimum atomic E-state index is -2.81. The van der Waals surface area contributed by atoms with Gasteiger partial charge < -0.3 is 20.7 Å². The number of hydrogen-bond donors (Lipinski definition) is 2. The molecule has 3 heterocycles. The Balaban J connectivity index is 1.41. The van der Waals surface area contributed by atoms with Gasteiger partial charge in [-0.15, -0.1) is 0 Å².